The van der Waals surface area contributed by atoms with Gasteiger partial charge in [0.05, 0.1) is 0 Å². The van der Waals surface area contributed by atoms with Crippen LogP contribution in [0, 0.1) is 10.5 Å². The Morgan fingerprint density at radius 3 is 2.59 bits per heavy atom. The molecule has 0 bridgehead atoms. The van der Waals surface area contributed by atoms with Crippen molar-refractivity contribution < 1.29 is 4.74 Å². The Kier molecular flexibility index (Phi) is 3.75. The zero-order valence-electron chi connectivity index (χ0n) is 9.14. The Labute approximate surface area is 113 Å². The molecule has 0 fully saturated rings. The topological polar surface area (TPSA) is 73.1 Å². The van der Waals surface area contributed by atoms with Crippen LogP contribution in [0.1, 0.15) is 5.82 Å². The van der Waals surface area contributed by atoms with Gasteiger partial charge in [-0.1, -0.05) is 0 Å². The first-order valence-corrected chi connectivity index (χ1v) is 6.01. The molecule has 0 radical (unpaired) electrons. The summed E-state index contributed by atoms with van der Waals surface area (Å²) in [6, 6.07) is 9.34. The highest BCUT2D eigenvalue weighted by Gasteiger charge is 2.03. The first kappa shape index (κ1) is 12.1. The summed E-state index contributed by atoms with van der Waals surface area (Å²) < 4.78 is 6.76. The minimum atomic E-state index is 0.464. The van der Waals surface area contributed by atoms with Gasteiger partial charge in [-0.25, -0.2) is 10.8 Å². The van der Waals surface area contributed by atoms with E-state index in [2.05, 4.69) is 38.0 Å². The molecule has 17 heavy (non-hydrogen) atoms. The molecule has 0 aliphatic rings. The molecule has 6 heteroatoms. The molecule has 1 aromatic heterocycles. The number of halogens is 1. The first-order chi connectivity index (χ1) is 8.17. The van der Waals surface area contributed by atoms with Crippen LogP contribution in [-0.2, 0) is 0 Å². The van der Waals surface area contributed by atoms with E-state index in [9.17, 15) is 0 Å². The molecule has 2 aromatic rings. The molecule has 5 nitrogen and oxygen atoms in total. The molecular formula is C11H11IN4O. The second-order valence-electron chi connectivity index (χ2n) is 3.34. The number of hydrogen-bond donors (Lipinski definition) is 2. The average molecular weight is 342 g/mol. The van der Waals surface area contributed by atoms with Crippen LogP contribution in [0.25, 0.3) is 0 Å². The highest BCUT2D eigenvalue weighted by Crippen LogP contribution is 2.22. The molecule has 0 unspecified atom stereocenters. The molecule has 88 valence electrons. The summed E-state index contributed by atoms with van der Waals surface area (Å²) in [6.45, 7) is 1.78. The molecule has 2 rings (SSSR count). The van der Waals surface area contributed by atoms with Crippen molar-refractivity contribution in [1.29, 1.82) is 0 Å². The van der Waals surface area contributed by atoms with E-state index >= 15 is 0 Å². The predicted octanol–water partition coefficient (Wildman–Crippen LogP) is 2.47. The Balaban J connectivity index is 2.23. The second kappa shape index (κ2) is 5.28. The SMILES string of the molecule is Cc1nc(NN)cc(Oc2ccc(I)cc2)n1. The maximum atomic E-state index is 5.61. The first-order valence-electron chi connectivity index (χ1n) is 4.93. The summed E-state index contributed by atoms with van der Waals surface area (Å²) >= 11 is 2.24. The maximum absolute atomic E-state index is 5.61. The zero-order chi connectivity index (χ0) is 12.3. The Bertz CT molecular complexity index is 515. The monoisotopic (exact) mass is 342 g/mol. The maximum Gasteiger partial charge on any atom is 0.224 e. The van der Waals surface area contributed by atoms with Gasteiger partial charge in [-0.3, -0.25) is 0 Å². The van der Waals surface area contributed by atoms with E-state index in [0.717, 1.165) is 9.32 Å². The van der Waals surface area contributed by atoms with Gasteiger partial charge < -0.3 is 10.2 Å². The lowest BCUT2D eigenvalue weighted by atomic mass is 10.3. The van der Waals surface area contributed by atoms with Crippen LogP contribution in [0.15, 0.2) is 30.3 Å². The van der Waals surface area contributed by atoms with E-state index in [1.54, 1.807) is 13.0 Å². The van der Waals surface area contributed by atoms with Crippen LogP contribution in [-0.4, -0.2) is 9.97 Å². The van der Waals surface area contributed by atoms with Crippen molar-refractivity contribution >= 4 is 28.4 Å². The number of nitrogen functional groups attached to an aromatic ring is 1. The van der Waals surface area contributed by atoms with Gasteiger partial charge in [0, 0.05) is 9.64 Å². The smallest absolute Gasteiger partial charge is 0.224 e. The number of ether oxygens (including phenoxy) is 1. The van der Waals surface area contributed by atoms with Gasteiger partial charge in [0.25, 0.3) is 0 Å². The third kappa shape index (κ3) is 3.27. The Morgan fingerprint density at radius 1 is 1.24 bits per heavy atom. The molecule has 3 N–H and O–H groups in total. The summed E-state index contributed by atoms with van der Waals surface area (Å²) in [7, 11) is 0. The fourth-order valence-electron chi connectivity index (χ4n) is 1.29. The third-order valence-electron chi connectivity index (χ3n) is 2.00. The van der Waals surface area contributed by atoms with Crippen molar-refractivity contribution in [1.82, 2.24) is 9.97 Å². The molecule has 1 aromatic carbocycles. The van der Waals surface area contributed by atoms with Crippen molar-refractivity contribution in [3.05, 3.63) is 39.7 Å². The lowest BCUT2D eigenvalue weighted by Gasteiger charge is -2.07. The molecule has 0 saturated heterocycles. The number of nitrogens with one attached hydrogen (secondary N) is 1. The quantitative estimate of drug-likeness (QED) is 0.509. The molecule has 0 aliphatic heterocycles. The summed E-state index contributed by atoms with van der Waals surface area (Å²) in [5.74, 6) is 7.62. The van der Waals surface area contributed by atoms with Crippen LogP contribution < -0.4 is 16.0 Å². The van der Waals surface area contributed by atoms with Crippen LogP contribution in [0.4, 0.5) is 5.82 Å². The lowest BCUT2D eigenvalue weighted by molar-refractivity contribution is 0.460. The standard InChI is InChI=1S/C11H11IN4O/c1-7-14-10(16-13)6-11(15-7)17-9-4-2-8(12)3-5-9/h2-6H,13H2,1H3,(H,14,15,16). The van der Waals surface area contributed by atoms with Gasteiger partial charge in [-0.05, 0) is 53.8 Å². The largest absolute Gasteiger partial charge is 0.439 e. The van der Waals surface area contributed by atoms with Crippen molar-refractivity contribution in [3.63, 3.8) is 0 Å². The normalized spacial score (nSPS) is 10.1. The molecule has 1 heterocycles. The van der Waals surface area contributed by atoms with Gasteiger partial charge in [0.15, 0.2) is 0 Å². The van der Waals surface area contributed by atoms with Crippen molar-refractivity contribution in [2.75, 3.05) is 5.43 Å². The van der Waals surface area contributed by atoms with Crippen molar-refractivity contribution in [2.24, 2.45) is 5.84 Å². The van der Waals surface area contributed by atoms with Crippen molar-refractivity contribution in [2.45, 2.75) is 6.92 Å². The highest BCUT2D eigenvalue weighted by atomic mass is 127. The Morgan fingerprint density at radius 2 is 1.94 bits per heavy atom. The van der Waals surface area contributed by atoms with E-state index < -0.39 is 0 Å². The number of hydrogen-bond acceptors (Lipinski definition) is 5. The van der Waals surface area contributed by atoms with Gasteiger partial charge in [0.2, 0.25) is 5.88 Å². The number of hydrazine groups is 1. The summed E-state index contributed by atoms with van der Waals surface area (Å²) in [5, 5.41) is 0. The number of nitrogens with two attached hydrogens (primary N) is 1. The third-order valence-corrected chi connectivity index (χ3v) is 2.72. The van der Waals surface area contributed by atoms with Crippen LogP contribution >= 0.6 is 22.6 Å². The van der Waals surface area contributed by atoms with E-state index in [-0.39, 0.29) is 0 Å². The van der Waals surface area contributed by atoms with Gasteiger partial charge in [-0.2, -0.15) is 4.98 Å². The zero-order valence-corrected chi connectivity index (χ0v) is 11.3. The highest BCUT2D eigenvalue weighted by molar-refractivity contribution is 14.1. The predicted molar refractivity (Wildman–Crippen MR) is 73.8 cm³/mol. The van der Waals surface area contributed by atoms with Crippen LogP contribution in [0.3, 0.4) is 0 Å². The van der Waals surface area contributed by atoms with Crippen molar-refractivity contribution in [3.8, 4) is 11.6 Å². The van der Waals surface area contributed by atoms with E-state index in [4.69, 9.17) is 10.6 Å². The van der Waals surface area contributed by atoms with Crippen LogP contribution in [0.5, 0.6) is 11.6 Å². The molecular weight excluding hydrogens is 331 g/mol. The van der Waals surface area contributed by atoms with E-state index in [1.807, 2.05) is 24.3 Å². The number of aryl methyl sites for hydroxylation is 1. The molecule has 0 spiro atoms. The van der Waals surface area contributed by atoms with Crippen LogP contribution in [0.2, 0.25) is 0 Å². The molecule has 0 saturated carbocycles. The second-order valence-corrected chi connectivity index (χ2v) is 4.58. The van der Waals surface area contributed by atoms with Gasteiger partial charge in [0.1, 0.15) is 17.4 Å². The fourth-order valence-corrected chi connectivity index (χ4v) is 1.65. The number of anilines is 1. The molecule has 0 amide bonds. The number of rotatable bonds is 3. The molecule has 0 aliphatic carbocycles. The summed E-state index contributed by atoms with van der Waals surface area (Å²) in [5.41, 5.74) is 2.47. The van der Waals surface area contributed by atoms with Gasteiger partial charge in [-0.15, -0.1) is 0 Å². The minimum absolute atomic E-state index is 0.464. The van der Waals surface area contributed by atoms with E-state index in [1.165, 1.54) is 0 Å². The van der Waals surface area contributed by atoms with Gasteiger partial charge >= 0.3 is 0 Å². The summed E-state index contributed by atoms with van der Waals surface area (Å²) in [6.07, 6.45) is 0. The average Bonchev–Trinajstić information content (AvgIpc) is 2.31. The number of aromatic nitrogens is 2. The number of benzene rings is 1. The Hall–Kier alpha value is -1.41. The molecule has 0 atom stereocenters. The lowest BCUT2D eigenvalue weighted by Crippen LogP contribution is -2.09. The summed E-state index contributed by atoms with van der Waals surface area (Å²) in [4.78, 5) is 8.25. The van der Waals surface area contributed by atoms with E-state index in [0.29, 0.717) is 17.5 Å². The fraction of sp³-hybridized carbons (Fsp3) is 0.0909. The minimum Gasteiger partial charge on any atom is -0.439 e. The number of nitrogens with zero attached hydrogens (tertiary/aromatic N) is 2.